The molecule has 0 aliphatic heterocycles. The molecule has 1 heterocycles. The smallest absolute Gasteiger partial charge is 0.140 e. The van der Waals surface area contributed by atoms with Gasteiger partial charge in [-0.1, -0.05) is 11.6 Å². The van der Waals surface area contributed by atoms with Crippen LogP contribution < -0.4 is 0 Å². The van der Waals surface area contributed by atoms with Gasteiger partial charge in [-0.25, -0.2) is 9.97 Å². The second-order valence-corrected chi connectivity index (χ2v) is 5.50. The molecule has 0 amide bonds. The number of hydrogen-bond donors (Lipinski definition) is 0. The van der Waals surface area contributed by atoms with Crippen LogP contribution in [-0.2, 0) is 0 Å². The SMILES string of the molecule is Cc1cc(Br)c2nc(C3CC3)nc(Cl)c2c1. The van der Waals surface area contributed by atoms with Crippen LogP contribution in [0.25, 0.3) is 10.9 Å². The van der Waals surface area contributed by atoms with Crippen molar-refractivity contribution in [1.29, 1.82) is 0 Å². The first-order valence-electron chi connectivity index (χ1n) is 5.28. The van der Waals surface area contributed by atoms with Gasteiger partial charge in [0, 0.05) is 15.8 Å². The average molecular weight is 298 g/mol. The highest BCUT2D eigenvalue weighted by atomic mass is 79.9. The molecule has 82 valence electrons. The van der Waals surface area contributed by atoms with Gasteiger partial charge in [0.1, 0.15) is 11.0 Å². The van der Waals surface area contributed by atoms with E-state index in [2.05, 4.69) is 32.0 Å². The Bertz CT molecular complexity index is 579. The second kappa shape index (κ2) is 3.67. The maximum atomic E-state index is 6.21. The highest BCUT2D eigenvalue weighted by Gasteiger charge is 2.27. The van der Waals surface area contributed by atoms with Crippen LogP contribution in [0.15, 0.2) is 16.6 Å². The highest BCUT2D eigenvalue weighted by molar-refractivity contribution is 9.10. The summed E-state index contributed by atoms with van der Waals surface area (Å²) < 4.78 is 0.994. The van der Waals surface area contributed by atoms with Crippen molar-refractivity contribution >= 4 is 38.4 Å². The van der Waals surface area contributed by atoms with E-state index in [1.807, 2.05) is 13.0 Å². The van der Waals surface area contributed by atoms with Gasteiger partial charge in [-0.05, 0) is 53.4 Å². The van der Waals surface area contributed by atoms with E-state index in [4.69, 9.17) is 11.6 Å². The summed E-state index contributed by atoms with van der Waals surface area (Å²) in [5.41, 5.74) is 2.08. The van der Waals surface area contributed by atoms with Crippen molar-refractivity contribution in [1.82, 2.24) is 9.97 Å². The third-order valence-electron chi connectivity index (χ3n) is 2.81. The van der Waals surface area contributed by atoms with Crippen molar-refractivity contribution in [2.75, 3.05) is 0 Å². The molecule has 0 saturated heterocycles. The molecule has 2 nitrogen and oxygen atoms in total. The summed E-state index contributed by atoms with van der Waals surface area (Å²) >= 11 is 9.74. The van der Waals surface area contributed by atoms with E-state index < -0.39 is 0 Å². The first-order chi connectivity index (χ1) is 7.65. The Hall–Kier alpha value is -0.670. The van der Waals surface area contributed by atoms with Crippen LogP contribution in [-0.4, -0.2) is 9.97 Å². The van der Waals surface area contributed by atoms with Crippen LogP contribution in [0.3, 0.4) is 0 Å². The first-order valence-corrected chi connectivity index (χ1v) is 6.45. The maximum absolute atomic E-state index is 6.21. The van der Waals surface area contributed by atoms with Gasteiger partial charge in [0.2, 0.25) is 0 Å². The number of aryl methyl sites for hydroxylation is 1. The molecule has 1 fully saturated rings. The topological polar surface area (TPSA) is 25.8 Å². The lowest BCUT2D eigenvalue weighted by molar-refractivity contribution is 0.947. The normalized spacial score (nSPS) is 15.7. The zero-order valence-corrected chi connectivity index (χ0v) is 11.1. The van der Waals surface area contributed by atoms with Crippen LogP contribution in [0, 0.1) is 6.92 Å². The summed E-state index contributed by atoms with van der Waals surface area (Å²) in [5, 5.41) is 1.49. The number of rotatable bonds is 1. The van der Waals surface area contributed by atoms with E-state index in [0.717, 1.165) is 26.8 Å². The number of nitrogens with zero attached hydrogens (tertiary/aromatic N) is 2. The fourth-order valence-electron chi connectivity index (χ4n) is 1.83. The van der Waals surface area contributed by atoms with Gasteiger partial charge in [-0.3, -0.25) is 0 Å². The molecule has 4 heteroatoms. The van der Waals surface area contributed by atoms with Crippen molar-refractivity contribution in [2.24, 2.45) is 0 Å². The minimum absolute atomic E-state index is 0.523. The monoisotopic (exact) mass is 296 g/mol. The van der Waals surface area contributed by atoms with Crippen molar-refractivity contribution in [2.45, 2.75) is 25.7 Å². The molecule has 1 aliphatic rings. The van der Waals surface area contributed by atoms with Crippen molar-refractivity contribution < 1.29 is 0 Å². The van der Waals surface area contributed by atoms with Gasteiger partial charge in [0.15, 0.2) is 0 Å². The Morgan fingerprint density at radius 3 is 2.75 bits per heavy atom. The zero-order valence-electron chi connectivity index (χ0n) is 8.80. The van der Waals surface area contributed by atoms with Gasteiger partial charge in [-0.2, -0.15) is 0 Å². The van der Waals surface area contributed by atoms with Gasteiger partial charge in [0.25, 0.3) is 0 Å². The molecule has 1 aliphatic carbocycles. The Kier molecular flexibility index (Phi) is 2.41. The van der Waals surface area contributed by atoms with E-state index >= 15 is 0 Å². The summed E-state index contributed by atoms with van der Waals surface area (Å²) in [7, 11) is 0. The minimum Gasteiger partial charge on any atom is -0.231 e. The summed E-state index contributed by atoms with van der Waals surface area (Å²) in [6, 6.07) is 4.08. The molecule has 0 spiro atoms. The molecule has 0 radical (unpaired) electrons. The van der Waals surface area contributed by atoms with E-state index in [0.29, 0.717) is 11.1 Å². The largest absolute Gasteiger partial charge is 0.231 e. The molecule has 16 heavy (non-hydrogen) atoms. The summed E-state index contributed by atoms with van der Waals surface area (Å²) in [6.45, 7) is 2.04. The molecule has 0 unspecified atom stereocenters. The van der Waals surface area contributed by atoms with Crippen molar-refractivity contribution in [3.63, 3.8) is 0 Å². The molecule has 3 rings (SSSR count). The number of halogens is 2. The summed E-state index contributed by atoms with van der Waals surface area (Å²) in [4.78, 5) is 8.98. The zero-order chi connectivity index (χ0) is 11.3. The molecular formula is C12H10BrClN2. The van der Waals surface area contributed by atoms with Crippen molar-refractivity contribution in [3.8, 4) is 0 Å². The Labute approximate surface area is 107 Å². The van der Waals surface area contributed by atoms with Crippen LogP contribution in [0.5, 0.6) is 0 Å². The minimum atomic E-state index is 0.523. The van der Waals surface area contributed by atoms with Gasteiger partial charge >= 0.3 is 0 Å². The lowest BCUT2D eigenvalue weighted by Crippen LogP contribution is -1.95. The highest BCUT2D eigenvalue weighted by Crippen LogP contribution is 2.40. The van der Waals surface area contributed by atoms with Crippen LogP contribution in [0.4, 0.5) is 0 Å². The van der Waals surface area contributed by atoms with E-state index in [1.54, 1.807) is 0 Å². The number of hydrogen-bond acceptors (Lipinski definition) is 2. The van der Waals surface area contributed by atoms with Crippen molar-refractivity contribution in [3.05, 3.63) is 33.1 Å². The quantitative estimate of drug-likeness (QED) is 0.736. The van der Waals surface area contributed by atoms with Gasteiger partial charge in [-0.15, -0.1) is 0 Å². The number of aromatic nitrogens is 2. The number of benzene rings is 1. The third kappa shape index (κ3) is 1.72. The summed E-state index contributed by atoms with van der Waals surface area (Å²) in [5.74, 6) is 1.41. The molecule has 1 saturated carbocycles. The Balaban J connectivity index is 2.32. The van der Waals surface area contributed by atoms with Gasteiger partial charge in [0.05, 0.1) is 5.52 Å². The fourth-order valence-corrected chi connectivity index (χ4v) is 2.72. The van der Waals surface area contributed by atoms with Crippen LogP contribution in [0.1, 0.15) is 30.1 Å². The molecule has 0 bridgehead atoms. The average Bonchev–Trinajstić information content (AvgIpc) is 3.02. The molecule has 0 N–H and O–H groups in total. The predicted octanol–water partition coefficient (Wildman–Crippen LogP) is 4.23. The maximum Gasteiger partial charge on any atom is 0.140 e. The number of fused-ring (bicyclic) bond motifs is 1. The Morgan fingerprint density at radius 1 is 1.31 bits per heavy atom. The van der Waals surface area contributed by atoms with E-state index in [1.165, 1.54) is 12.8 Å². The molecular weight excluding hydrogens is 288 g/mol. The van der Waals surface area contributed by atoms with Gasteiger partial charge < -0.3 is 0 Å². The second-order valence-electron chi connectivity index (χ2n) is 4.29. The molecule has 2 aromatic rings. The molecule has 0 atom stereocenters. The fraction of sp³-hybridized carbons (Fsp3) is 0.333. The predicted molar refractivity (Wildman–Crippen MR) is 69.0 cm³/mol. The third-order valence-corrected chi connectivity index (χ3v) is 3.70. The standard InChI is InChI=1S/C12H10BrClN2/c1-6-4-8-10(9(13)5-6)15-12(7-2-3-7)16-11(8)14/h4-5,7H,2-3H2,1H3. The van der Waals surface area contributed by atoms with Crippen LogP contribution in [0.2, 0.25) is 5.15 Å². The van der Waals surface area contributed by atoms with Crippen LogP contribution >= 0.6 is 27.5 Å². The first kappa shape index (κ1) is 10.5. The lowest BCUT2D eigenvalue weighted by Gasteiger charge is -2.06. The lowest BCUT2D eigenvalue weighted by atomic mass is 10.1. The van der Waals surface area contributed by atoms with E-state index in [-0.39, 0.29) is 0 Å². The molecule has 1 aromatic carbocycles. The Morgan fingerprint density at radius 2 is 2.06 bits per heavy atom. The van der Waals surface area contributed by atoms with E-state index in [9.17, 15) is 0 Å². The summed E-state index contributed by atoms with van der Waals surface area (Å²) in [6.07, 6.45) is 2.37. The molecule has 1 aromatic heterocycles.